The van der Waals surface area contributed by atoms with Gasteiger partial charge in [-0.2, -0.15) is 0 Å². The molecule has 1 saturated heterocycles. The second-order valence-corrected chi connectivity index (χ2v) is 8.62. The second-order valence-electron chi connectivity index (χ2n) is 8.62. The maximum Gasteiger partial charge on any atom is 0.492 e. The summed E-state index contributed by atoms with van der Waals surface area (Å²) in [6, 6.07) is 11.1. The Labute approximate surface area is 186 Å². The molecule has 1 aliphatic rings. The van der Waals surface area contributed by atoms with Crippen molar-refractivity contribution in [1.82, 2.24) is 5.32 Å². The van der Waals surface area contributed by atoms with E-state index in [0.29, 0.717) is 11.5 Å². The maximum absolute atomic E-state index is 14.4. The van der Waals surface area contributed by atoms with Gasteiger partial charge in [0.25, 0.3) is 0 Å². The third-order valence-electron chi connectivity index (χ3n) is 5.66. The molecule has 0 aliphatic carbocycles. The van der Waals surface area contributed by atoms with Gasteiger partial charge in [-0.3, -0.25) is 0 Å². The summed E-state index contributed by atoms with van der Waals surface area (Å²) < 4.78 is 45.2. The molecule has 1 amide bonds. The minimum absolute atomic E-state index is 0.0405. The molecule has 3 N–H and O–H groups in total. The fourth-order valence-corrected chi connectivity index (χ4v) is 3.04. The molecular formula is C23H27BF2N2O4. The highest BCUT2D eigenvalue weighted by atomic mass is 19.1. The van der Waals surface area contributed by atoms with Crippen molar-refractivity contribution in [2.24, 2.45) is 0 Å². The van der Waals surface area contributed by atoms with E-state index >= 15 is 0 Å². The first-order valence-electron chi connectivity index (χ1n) is 10.2. The molecule has 170 valence electrons. The normalized spacial score (nSPS) is 17.3. The first-order valence-corrected chi connectivity index (χ1v) is 10.2. The first-order chi connectivity index (χ1) is 15.0. The van der Waals surface area contributed by atoms with E-state index in [1.807, 2.05) is 58.0 Å². The van der Waals surface area contributed by atoms with E-state index in [0.717, 1.165) is 5.56 Å². The van der Waals surface area contributed by atoms with Crippen LogP contribution in [-0.2, 0) is 20.7 Å². The van der Waals surface area contributed by atoms with Gasteiger partial charge in [0.05, 0.1) is 16.9 Å². The van der Waals surface area contributed by atoms with Crippen LogP contribution in [0.5, 0.6) is 0 Å². The van der Waals surface area contributed by atoms with E-state index in [1.165, 1.54) is 12.1 Å². The predicted octanol–water partition coefficient (Wildman–Crippen LogP) is 4.49. The van der Waals surface area contributed by atoms with Crippen molar-refractivity contribution in [3.8, 4) is 0 Å². The van der Waals surface area contributed by atoms with Crippen LogP contribution in [0.1, 0.15) is 38.8 Å². The van der Waals surface area contributed by atoms with Crippen LogP contribution in [0.2, 0.25) is 0 Å². The van der Waals surface area contributed by atoms with Gasteiger partial charge >= 0.3 is 13.2 Å². The summed E-state index contributed by atoms with van der Waals surface area (Å²) in [5.74, 6) is -1.64. The highest BCUT2D eigenvalue weighted by Crippen LogP contribution is 2.39. The van der Waals surface area contributed by atoms with Crippen molar-refractivity contribution < 1.29 is 27.6 Å². The summed E-state index contributed by atoms with van der Waals surface area (Å²) in [5, 5.41) is 2.63. The number of carbonyl (C=O) groups is 1. The minimum Gasteiger partial charge on any atom is -0.445 e. The molecule has 0 spiro atoms. The lowest BCUT2D eigenvalue weighted by Gasteiger charge is -2.32. The van der Waals surface area contributed by atoms with Gasteiger partial charge in [0.15, 0.2) is 0 Å². The van der Waals surface area contributed by atoms with Crippen LogP contribution in [-0.4, -0.2) is 31.0 Å². The van der Waals surface area contributed by atoms with Gasteiger partial charge in [-0.1, -0.05) is 36.4 Å². The lowest BCUT2D eigenvalue weighted by Crippen LogP contribution is -2.41. The number of hydrogen-bond acceptors (Lipinski definition) is 5. The number of nitrogens with two attached hydrogens (primary N) is 1. The largest absolute Gasteiger partial charge is 0.492 e. The Hall–Kier alpha value is -2.91. The van der Waals surface area contributed by atoms with Crippen molar-refractivity contribution >= 4 is 25.0 Å². The Morgan fingerprint density at radius 3 is 2.34 bits per heavy atom. The number of hydrogen-bond donors (Lipinski definition) is 2. The van der Waals surface area contributed by atoms with Crippen LogP contribution in [0.15, 0.2) is 47.9 Å². The van der Waals surface area contributed by atoms with E-state index in [-0.39, 0.29) is 24.4 Å². The van der Waals surface area contributed by atoms with E-state index in [9.17, 15) is 13.6 Å². The zero-order valence-corrected chi connectivity index (χ0v) is 18.6. The Kier molecular flexibility index (Phi) is 6.90. The van der Waals surface area contributed by atoms with E-state index < -0.39 is 36.0 Å². The van der Waals surface area contributed by atoms with Gasteiger partial charge in [-0.25, -0.2) is 13.6 Å². The molecule has 32 heavy (non-hydrogen) atoms. The van der Waals surface area contributed by atoms with Gasteiger partial charge in [0.2, 0.25) is 0 Å². The van der Waals surface area contributed by atoms with Crippen LogP contribution in [0, 0.1) is 11.6 Å². The highest BCUT2D eigenvalue weighted by molar-refractivity contribution is 6.56. The Balaban J connectivity index is 1.78. The third-order valence-corrected chi connectivity index (χ3v) is 5.66. The van der Waals surface area contributed by atoms with Gasteiger partial charge in [0, 0.05) is 18.2 Å². The zero-order chi connectivity index (χ0) is 23.5. The van der Waals surface area contributed by atoms with Gasteiger partial charge in [0.1, 0.15) is 18.2 Å². The number of ether oxygens (including phenoxy) is 1. The fraction of sp³-hybridized carbons (Fsp3) is 0.348. The van der Waals surface area contributed by atoms with Crippen molar-refractivity contribution in [2.45, 2.75) is 45.5 Å². The monoisotopic (exact) mass is 444 g/mol. The van der Waals surface area contributed by atoms with Gasteiger partial charge in [-0.15, -0.1) is 0 Å². The lowest BCUT2D eigenvalue weighted by molar-refractivity contribution is 0.00578. The summed E-state index contributed by atoms with van der Waals surface area (Å²) in [7, 11) is -0.861. The molecule has 3 rings (SSSR count). The number of nitrogens with one attached hydrogen (secondary N) is 1. The molecule has 0 atom stereocenters. The molecule has 0 saturated carbocycles. The number of carbonyl (C=O) groups excluding carboxylic acids is 1. The van der Waals surface area contributed by atoms with Crippen molar-refractivity contribution in [3.63, 3.8) is 0 Å². The first kappa shape index (κ1) is 23.8. The molecule has 2 aromatic carbocycles. The molecule has 6 nitrogen and oxygen atoms in total. The average Bonchev–Trinajstić information content (AvgIpc) is 2.95. The smallest absolute Gasteiger partial charge is 0.445 e. The van der Waals surface area contributed by atoms with Crippen molar-refractivity contribution in [1.29, 1.82) is 0 Å². The number of alkyl carbamates (subject to hydrolysis) is 1. The van der Waals surface area contributed by atoms with Crippen LogP contribution in [0.25, 0.3) is 6.08 Å². The molecule has 0 bridgehead atoms. The SMILES string of the molecule is CC1(C)OB(C(=Cc2cc(N)c(F)cc2F)CNC(=O)OCc2ccccc2)OC1(C)C. The molecule has 1 aliphatic heterocycles. The molecule has 2 aromatic rings. The third kappa shape index (κ3) is 5.47. The molecule has 0 unspecified atom stereocenters. The molecule has 1 fully saturated rings. The maximum atomic E-state index is 14.4. The molecule has 1 heterocycles. The van der Waals surface area contributed by atoms with Crippen LogP contribution in [0.4, 0.5) is 19.3 Å². The van der Waals surface area contributed by atoms with Gasteiger partial charge in [-0.05, 0) is 44.8 Å². The average molecular weight is 444 g/mol. The van der Waals surface area contributed by atoms with Crippen molar-refractivity contribution in [3.05, 3.63) is 70.7 Å². The number of rotatable bonds is 6. The number of anilines is 1. The minimum atomic E-state index is -0.861. The van der Waals surface area contributed by atoms with E-state index in [2.05, 4.69) is 5.32 Å². The Morgan fingerprint density at radius 1 is 1.09 bits per heavy atom. The van der Waals surface area contributed by atoms with Gasteiger partial charge < -0.3 is 25.1 Å². The quantitative estimate of drug-likeness (QED) is 0.507. The molecule has 0 aromatic heterocycles. The number of halogens is 2. The fourth-order valence-electron chi connectivity index (χ4n) is 3.04. The highest BCUT2D eigenvalue weighted by Gasteiger charge is 2.52. The lowest BCUT2D eigenvalue weighted by atomic mass is 9.77. The molecule has 0 radical (unpaired) electrons. The number of nitrogen functional groups attached to an aromatic ring is 1. The summed E-state index contributed by atoms with van der Waals surface area (Å²) in [5.41, 5.74) is 5.42. The zero-order valence-electron chi connectivity index (χ0n) is 18.6. The number of amides is 1. The summed E-state index contributed by atoms with van der Waals surface area (Å²) in [6.45, 7) is 7.57. The van der Waals surface area contributed by atoms with Crippen molar-refractivity contribution in [2.75, 3.05) is 12.3 Å². The molecule has 9 heteroatoms. The topological polar surface area (TPSA) is 82.8 Å². The standard InChI is InChI=1S/C23H27BF2N2O4/c1-22(2)23(3,4)32-24(31-22)17(10-16-11-20(27)19(26)12-18(16)25)13-28-21(29)30-14-15-8-6-5-7-9-15/h5-12H,13-14,27H2,1-4H3,(H,28,29). The van der Waals surface area contributed by atoms with Crippen LogP contribution < -0.4 is 11.1 Å². The summed E-state index contributed by atoms with van der Waals surface area (Å²) in [6.07, 6.45) is 0.778. The van der Waals surface area contributed by atoms with E-state index in [4.69, 9.17) is 19.8 Å². The number of benzene rings is 2. The Morgan fingerprint density at radius 2 is 1.72 bits per heavy atom. The van der Waals surface area contributed by atoms with E-state index in [1.54, 1.807) is 0 Å². The summed E-state index contributed by atoms with van der Waals surface area (Å²) >= 11 is 0. The molecular weight excluding hydrogens is 417 g/mol. The second kappa shape index (κ2) is 9.30. The van der Waals surface area contributed by atoms with Crippen LogP contribution >= 0.6 is 0 Å². The predicted molar refractivity (Wildman–Crippen MR) is 119 cm³/mol. The Bertz CT molecular complexity index is 997. The van der Waals surface area contributed by atoms with Crippen LogP contribution in [0.3, 0.4) is 0 Å². The summed E-state index contributed by atoms with van der Waals surface area (Å²) in [4.78, 5) is 12.2.